The topological polar surface area (TPSA) is 61.3 Å². The fourth-order valence-corrected chi connectivity index (χ4v) is 1.77. The molecule has 0 N–H and O–H groups in total. The van der Waals surface area contributed by atoms with Crippen LogP contribution in [-0.2, 0) is 11.3 Å². The van der Waals surface area contributed by atoms with Crippen molar-refractivity contribution in [3.8, 4) is 5.75 Å². The second-order valence-electron chi connectivity index (χ2n) is 4.08. The van der Waals surface area contributed by atoms with Crippen molar-refractivity contribution >= 4 is 17.6 Å². The van der Waals surface area contributed by atoms with Crippen LogP contribution in [0.5, 0.6) is 5.75 Å². The summed E-state index contributed by atoms with van der Waals surface area (Å²) in [5.74, 6) is 0.0664. The highest BCUT2D eigenvalue weighted by Crippen LogP contribution is 2.23. The summed E-state index contributed by atoms with van der Waals surface area (Å²) in [4.78, 5) is 19.8. The number of hydrogen-bond donors (Lipinski definition) is 0. The zero-order valence-corrected chi connectivity index (χ0v) is 11.8. The number of nitrogens with zero attached hydrogens (tertiary/aromatic N) is 2. The van der Waals surface area contributed by atoms with E-state index in [-0.39, 0.29) is 12.3 Å². The summed E-state index contributed by atoms with van der Waals surface area (Å²) in [5.41, 5.74) is 1.59. The van der Waals surface area contributed by atoms with Crippen molar-refractivity contribution in [1.82, 2.24) is 9.97 Å². The van der Waals surface area contributed by atoms with E-state index in [0.29, 0.717) is 16.3 Å². The molecular weight excluding hydrogens is 280 g/mol. The van der Waals surface area contributed by atoms with Crippen LogP contribution in [0.1, 0.15) is 21.7 Å². The molecule has 0 aliphatic heterocycles. The normalized spacial score (nSPS) is 10.2. The molecule has 0 aliphatic rings. The lowest BCUT2D eigenvalue weighted by Gasteiger charge is -2.09. The van der Waals surface area contributed by atoms with Crippen LogP contribution in [0.2, 0.25) is 5.02 Å². The number of halogens is 1. The highest BCUT2D eigenvalue weighted by molar-refractivity contribution is 6.30. The zero-order valence-electron chi connectivity index (χ0n) is 11.1. The Balaban J connectivity index is 2.06. The van der Waals surface area contributed by atoms with E-state index in [1.165, 1.54) is 12.4 Å². The van der Waals surface area contributed by atoms with Crippen LogP contribution in [-0.4, -0.2) is 23.0 Å². The fourth-order valence-electron chi connectivity index (χ4n) is 1.58. The van der Waals surface area contributed by atoms with Gasteiger partial charge in [-0.3, -0.25) is 4.98 Å². The third-order valence-electron chi connectivity index (χ3n) is 2.59. The maximum atomic E-state index is 11.8. The first-order chi connectivity index (χ1) is 9.60. The summed E-state index contributed by atoms with van der Waals surface area (Å²) >= 11 is 5.91. The van der Waals surface area contributed by atoms with Gasteiger partial charge in [-0.25, -0.2) is 9.78 Å². The van der Waals surface area contributed by atoms with Crippen LogP contribution in [0.15, 0.2) is 30.6 Å². The minimum atomic E-state index is -0.542. The van der Waals surface area contributed by atoms with Crippen LogP contribution >= 0.6 is 11.6 Å². The molecule has 2 rings (SSSR count). The number of benzene rings is 1. The van der Waals surface area contributed by atoms with Crippen molar-refractivity contribution in [2.45, 2.75) is 13.5 Å². The predicted octanol–water partition coefficient (Wildman–Crippen LogP) is 2.80. The minimum absolute atomic E-state index is 0.0537. The van der Waals surface area contributed by atoms with Crippen LogP contribution in [0, 0.1) is 6.92 Å². The lowest BCUT2D eigenvalue weighted by atomic mass is 10.2. The molecule has 0 unspecified atom stereocenters. The number of methoxy groups -OCH3 is 1. The van der Waals surface area contributed by atoms with Gasteiger partial charge in [-0.2, -0.15) is 0 Å². The number of carbonyl (C=O) groups is 1. The number of ether oxygens (including phenoxy) is 2. The summed E-state index contributed by atoms with van der Waals surface area (Å²) < 4.78 is 10.3. The first-order valence-corrected chi connectivity index (χ1v) is 6.26. The molecule has 1 aromatic carbocycles. The Morgan fingerprint density at radius 3 is 2.75 bits per heavy atom. The van der Waals surface area contributed by atoms with Crippen molar-refractivity contribution in [3.05, 3.63) is 52.6 Å². The second-order valence-corrected chi connectivity index (χ2v) is 4.51. The van der Waals surface area contributed by atoms with Gasteiger partial charge in [-0.1, -0.05) is 11.6 Å². The van der Waals surface area contributed by atoms with Gasteiger partial charge >= 0.3 is 5.97 Å². The average molecular weight is 293 g/mol. The molecule has 5 nitrogen and oxygen atoms in total. The molecule has 0 bridgehead atoms. The van der Waals surface area contributed by atoms with Gasteiger partial charge in [0.25, 0.3) is 0 Å². The quantitative estimate of drug-likeness (QED) is 0.811. The Morgan fingerprint density at radius 1 is 1.30 bits per heavy atom. The molecule has 2 aromatic rings. The van der Waals surface area contributed by atoms with Gasteiger partial charge in [0.15, 0.2) is 5.69 Å². The molecule has 0 aliphatic carbocycles. The highest BCUT2D eigenvalue weighted by atomic mass is 35.5. The fraction of sp³-hybridized carbons (Fsp3) is 0.214. The van der Waals surface area contributed by atoms with Crippen molar-refractivity contribution in [3.63, 3.8) is 0 Å². The van der Waals surface area contributed by atoms with Crippen LogP contribution < -0.4 is 4.74 Å². The Hall–Kier alpha value is -2.14. The van der Waals surface area contributed by atoms with E-state index >= 15 is 0 Å². The Bertz CT molecular complexity index is 614. The van der Waals surface area contributed by atoms with Gasteiger partial charge < -0.3 is 9.47 Å². The summed E-state index contributed by atoms with van der Waals surface area (Å²) in [6.45, 7) is 1.84. The largest absolute Gasteiger partial charge is 0.496 e. The summed E-state index contributed by atoms with van der Waals surface area (Å²) in [7, 11) is 1.54. The molecule has 104 valence electrons. The monoisotopic (exact) mass is 292 g/mol. The van der Waals surface area contributed by atoms with Gasteiger partial charge in [-0.15, -0.1) is 0 Å². The van der Waals surface area contributed by atoms with Gasteiger partial charge in [0.05, 0.1) is 19.0 Å². The van der Waals surface area contributed by atoms with Gasteiger partial charge in [0, 0.05) is 16.8 Å². The van der Waals surface area contributed by atoms with E-state index in [1.54, 1.807) is 32.2 Å². The van der Waals surface area contributed by atoms with Crippen molar-refractivity contribution < 1.29 is 14.3 Å². The molecule has 20 heavy (non-hydrogen) atoms. The van der Waals surface area contributed by atoms with Crippen LogP contribution in [0.4, 0.5) is 0 Å². The minimum Gasteiger partial charge on any atom is -0.496 e. The molecule has 1 aromatic heterocycles. The molecular formula is C14H13ClN2O3. The molecule has 6 heteroatoms. The summed E-state index contributed by atoms with van der Waals surface area (Å²) in [6.07, 6.45) is 2.89. The van der Waals surface area contributed by atoms with E-state index in [0.717, 1.165) is 5.69 Å². The van der Waals surface area contributed by atoms with E-state index in [9.17, 15) is 4.79 Å². The third-order valence-corrected chi connectivity index (χ3v) is 2.83. The standard InChI is InChI=1S/C14H13ClN2O3/c1-9-6-17-12(7-16-9)14(18)20-8-10-5-11(15)3-4-13(10)19-2/h3-7H,8H2,1-2H3. The Morgan fingerprint density at radius 2 is 2.10 bits per heavy atom. The maximum Gasteiger partial charge on any atom is 0.358 e. The second kappa shape index (κ2) is 6.34. The third kappa shape index (κ3) is 3.45. The highest BCUT2D eigenvalue weighted by Gasteiger charge is 2.11. The van der Waals surface area contributed by atoms with Gasteiger partial charge in [0.2, 0.25) is 0 Å². The van der Waals surface area contributed by atoms with E-state index in [2.05, 4.69) is 9.97 Å². The number of hydrogen-bond acceptors (Lipinski definition) is 5. The van der Waals surface area contributed by atoms with Gasteiger partial charge in [-0.05, 0) is 25.1 Å². The SMILES string of the molecule is COc1ccc(Cl)cc1COC(=O)c1cnc(C)cn1. The molecule has 1 heterocycles. The van der Waals surface area contributed by atoms with E-state index in [1.807, 2.05) is 0 Å². The number of carbonyl (C=O) groups excluding carboxylic acids is 1. The van der Waals surface area contributed by atoms with Gasteiger partial charge in [0.1, 0.15) is 12.4 Å². The van der Waals surface area contributed by atoms with E-state index in [4.69, 9.17) is 21.1 Å². The number of aromatic nitrogens is 2. The van der Waals surface area contributed by atoms with E-state index < -0.39 is 5.97 Å². The molecule has 0 saturated carbocycles. The number of aryl methyl sites for hydroxylation is 1. The number of esters is 1. The molecule has 0 spiro atoms. The average Bonchev–Trinajstić information content (AvgIpc) is 2.45. The number of rotatable bonds is 4. The van der Waals surface area contributed by atoms with Crippen molar-refractivity contribution in [2.24, 2.45) is 0 Å². The van der Waals surface area contributed by atoms with Crippen LogP contribution in [0.3, 0.4) is 0 Å². The first kappa shape index (κ1) is 14.3. The molecule has 0 atom stereocenters. The summed E-state index contributed by atoms with van der Waals surface area (Å²) in [6, 6.07) is 5.11. The summed E-state index contributed by atoms with van der Waals surface area (Å²) in [5, 5.41) is 0.548. The van der Waals surface area contributed by atoms with Crippen molar-refractivity contribution in [1.29, 1.82) is 0 Å². The molecule has 0 saturated heterocycles. The Labute approximate surface area is 121 Å². The maximum absolute atomic E-state index is 11.8. The lowest BCUT2D eigenvalue weighted by molar-refractivity contribution is 0.0462. The van der Waals surface area contributed by atoms with Crippen molar-refractivity contribution in [2.75, 3.05) is 7.11 Å². The first-order valence-electron chi connectivity index (χ1n) is 5.88. The zero-order chi connectivity index (χ0) is 14.5. The molecule has 0 fully saturated rings. The lowest BCUT2D eigenvalue weighted by Crippen LogP contribution is -2.08. The molecule has 0 amide bonds. The molecule has 0 radical (unpaired) electrons. The predicted molar refractivity (Wildman–Crippen MR) is 73.9 cm³/mol. The van der Waals surface area contributed by atoms with Crippen LogP contribution in [0.25, 0.3) is 0 Å². The smallest absolute Gasteiger partial charge is 0.358 e. The Kier molecular flexibility index (Phi) is 4.53.